The van der Waals surface area contributed by atoms with Gasteiger partial charge in [0.2, 0.25) is 5.91 Å². The normalized spacial score (nSPS) is 26.5. The van der Waals surface area contributed by atoms with Crippen molar-refractivity contribution in [2.24, 2.45) is 5.41 Å². The van der Waals surface area contributed by atoms with E-state index in [9.17, 15) is 4.79 Å². The van der Waals surface area contributed by atoms with Gasteiger partial charge in [-0.2, -0.15) is 0 Å². The Morgan fingerprint density at radius 3 is 2.76 bits per heavy atom. The van der Waals surface area contributed by atoms with Crippen LogP contribution in [-0.2, 0) is 4.79 Å². The fourth-order valence-electron chi connectivity index (χ4n) is 3.02. The van der Waals surface area contributed by atoms with Crippen molar-refractivity contribution in [3.8, 4) is 0 Å². The second-order valence-electron chi connectivity index (χ2n) is 5.82. The summed E-state index contributed by atoms with van der Waals surface area (Å²) in [5.74, 6) is 0.249. The maximum Gasteiger partial charge on any atom is 0.220 e. The highest BCUT2D eigenvalue weighted by Crippen LogP contribution is 2.43. The van der Waals surface area contributed by atoms with Gasteiger partial charge in [0.15, 0.2) is 0 Å². The predicted molar refractivity (Wildman–Crippen MR) is 69.8 cm³/mol. The molecular weight excluding hydrogens is 212 g/mol. The quantitative estimate of drug-likeness (QED) is 0.745. The third-order valence-electron chi connectivity index (χ3n) is 4.71. The summed E-state index contributed by atoms with van der Waals surface area (Å²) < 4.78 is 0. The van der Waals surface area contributed by atoms with Gasteiger partial charge in [-0.05, 0) is 50.5 Å². The standard InChI is InChI=1S/C14H26N2O/c1-2-14(8-4-9-14)11-16-13(17)7-6-12-5-3-10-15-12/h12,15H,2-11H2,1H3,(H,16,17). The molecule has 2 N–H and O–H groups in total. The first-order valence-corrected chi connectivity index (χ1v) is 7.24. The first kappa shape index (κ1) is 12.9. The molecule has 1 saturated heterocycles. The third kappa shape index (κ3) is 3.44. The topological polar surface area (TPSA) is 41.1 Å². The molecule has 0 aromatic carbocycles. The second kappa shape index (κ2) is 5.85. The molecule has 98 valence electrons. The summed E-state index contributed by atoms with van der Waals surface area (Å²) >= 11 is 0. The maximum atomic E-state index is 11.8. The van der Waals surface area contributed by atoms with Gasteiger partial charge in [0.25, 0.3) is 0 Å². The average Bonchev–Trinajstić information content (AvgIpc) is 2.78. The van der Waals surface area contributed by atoms with Crippen molar-refractivity contribution >= 4 is 5.91 Å². The van der Waals surface area contributed by atoms with E-state index in [2.05, 4.69) is 17.6 Å². The molecule has 2 fully saturated rings. The van der Waals surface area contributed by atoms with Crippen LogP contribution >= 0.6 is 0 Å². The van der Waals surface area contributed by atoms with Gasteiger partial charge in [-0.3, -0.25) is 4.79 Å². The van der Waals surface area contributed by atoms with Gasteiger partial charge in [-0.1, -0.05) is 13.3 Å². The van der Waals surface area contributed by atoms with Gasteiger partial charge in [-0.15, -0.1) is 0 Å². The fourth-order valence-corrected chi connectivity index (χ4v) is 3.02. The number of amides is 1. The molecule has 1 aliphatic carbocycles. The SMILES string of the molecule is CCC1(CNC(=O)CCC2CCCN2)CCC1. The number of carbonyl (C=O) groups is 1. The molecule has 0 aromatic heterocycles. The molecule has 1 aliphatic heterocycles. The summed E-state index contributed by atoms with van der Waals surface area (Å²) in [6.45, 7) is 4.28. The Kier molecular flexibility index (Phi) is 4.43. The monoisotopic (exact) mass is 238 g/mol. The first-order chi connectivity index (χ1) is 8.24. The summed E-state index contributed by atoms with van der Waals surface area (Å²) in [6, 6.07) is 0.588. The van der Waals surface area contributed by atoms with Crippen LogP contribution in [0.5, 0.6) is 0 Å². The van der Waals surface area contributed by atoms with Crippen LogP contribution in [0, 0.1) is 5.41 Å². The van der Waals surface area contributed by atoms with E-state index in [1.165, 1.54) is 38.5 Å². The van der Waals surface area contributed by atoms with Crippen LogP contribution in [0.2, 0.25) is 0 Å². The lowest BCUT2D eigenvalue weighted by Crippen LogP contribution is -2.41. The van der Waals surface area contributed by atoms with Gasteiger partial charge in [0.1, 0.15) is 0 Å². The van der Waals surface area contributed by atoms with Crippen molar-refractivity contribution in [3.63, 3.8) is 0 Å². The van der Waals surface area contributed by atoms with E-state index in [1.807, 2.05) is 0 Å². The zero-order chi connectivity index (χ0) is 12.1. The molecule has 1 saturated carbocycles. The largest absolute Gasteiger partial charge is 0.356 e. The number of carbonyl (C=O) groups excluding carboxylic acids is 1. The molecule has 0 bridgehead atoms. The fraction of sp³-hybridized carbons (Fsp3) is 0.929. The van der Waals surface area contributed by atoms with Crippen LogP contribution in [0.4, 0.5) is 0 Å². The molecular formula is C14H26N2O. The number of nitrogens with one attached hydrogen (secondary N) is 2. The lowest BCUT2D eigenvalue weighted by molar-refractivity contribution is -0.122. The van der Waals surface area contributed by atoms with E-state index in [0.717, 1.165) is 19.5 Å². The van der Waals surface area contributed by atoms with Gasteiger partial charge in [0, 0.05) is 19.0 Å². The minimum Gasteiger partial charge on any atom is -0.356 e. The van der Waals surface area contributed by atoms with Crippen molar-refractivity contribution in [1.82, 2.24) is 10.6 Å². The van der Waals surface area contributed by atoms with E-state index >= 15 is 0 Å². The molecule has 0 aromatic rings. The van der Waals surface area contributed by atoms with Crippen LogP contribution in [-0.4, -0.2) is 25.0 Å². The Bertz CT molecular complexity index is 249. The summed E-state index contributed by atoms with van der Waals surface area (Å²) in [5.41, 5.74) is 0.446. The smallest absolute Gasteiger partial charge is 0.220 e. The number of rotatable bonds is 6. The Labute approximate surface area is 105 Å². The lowest BCUT2D eigenvalue weighted by atomic mass is 9.67. The highest BCUT2D eigenvalue weighted by molar-refractivity contribution is 5.75. The van der Waals surface area contributed by atoms with Crippen molar-refractivity contribution in [2.45, 2.75) is 64.3 Å². The molecule has 1 atom stereocenters. The van der Waals surface area contributed by atoms with Gasteiger partial charge in [0.05, 0.1) is 0 Å². The number of hydrogen-bond acceptors (Lipinski definition) is 2. The van der Waals surface area contributed by atoms with Crippen molar-refractivity contribution < 1.29 is 4.79 Å². The van der Waals surface area contributed by atoms with Crippen LogP contribution in [0.1, 0.15) is 58.3 Å². The summed E-state index contributed by atoms with van der Waals surface area (Å²) in [4.78, 5) is 11.8. The average molecular weight is 238 g/mol. The second-order valence-corrected chi connectivity index (χ2v) is 5.82. The van der Waals surface area contributed by atoms with Crippen LogP contribution in [0.15, 0.2) is 0 Å². The first-order valence-electron chi connectivity index (χ1n) is 7.24. The van der Waals surface area contributed by atoms with Gasteiger partial charge >= 0.3 is 0 Å². The van der Waals surface area contributed by atoms with Crippen molar-refractivity contribution in [1.29, 1.82) is 0 Å². The molecule has 0 radical (unpaired) electrons. The molecule has 17 heavy (non-hydrogen) atoms. The van der Waals surface area contributed by atoms with E-state index in [1.54, 1.807) is 0 Å². The molecule has 1 unspecified atom stereocenters. The molecule has 0 spiro atoms. The molecule has 3 nitrogen and oxygen atoms in total. The highest BCUT2D eigenvalue weighted by atomic mass is 16.1. The van der Waals surface area contributed by atoms with E-state index in [0.29, 0.717) is 17.9 Å². The third-order valence-corrected chi connectivity index (χ3v) is 4.71. The highest BCUT2D eigenvalue weighted by Gasteiger charge is 2.35. The van der Waals surface area contributed by atoms with Crippen LogP contribution < -0.4 is 10.6 Å². The van der Waals surface area contributed by atoms with E-state index in [4.69, 9.17) is 0 Å². The molecule has 2 rings (SSSR count). The lowest BCUT2D eigenvalue weighted by Gasteiger charge is -2.41. The summed E-state index contributed by atoms with van der Waals surface area (Å²) in [7, 11) is 0. The molecule has 3 heteroatoms. The van der Waals surface area contributed by atoms with Crippen molar-refractivity contribution in [3.05, 3.63) is 0 Å². The van der Waals surface area contributed by atoms with Gasteiger partial charge < -0.3 is 10.6 Å². The maximum absolute atomic E-state index is 11.8. The predicted octanol–water partition coefficient (Wildman–Crippen LogP) is 2.22. The summed E-state index contributed by atoms with van der Waals surface area (Å²) in [5, 5.41) is 6.57. The Balaban J connectivity index is 1.60. The van der Waals surface area contributed by atoms with Crippen LogP contribution in [0.25, 0.3) is 0 Å². The Hall–Kier alpha value is -0.570. The minimum absolute atomic E-state index is 0.249. The van der Waals surface area contributed by atoms with E-state index < -0.39 is 0 Å². The minimum atomic E-state index is 0.249. The zero-order valence-corrected chi connectivity index (χ0v) is 11.1. The number of hydrogen-bond donors (Lipinski definition) is 2. The zero-order valence-electron chi connectivity index (χ0n) is 11.1. The summed E-state index contributed by atoms with van der Waals surface area (Å²) in [6.07, 6.45) is 9.36. The van der Waals surface area contributed by atoms with Crippen LogP contribution in [0.3, 0.4) is 0 Å². The van der Waals surface area contributed by atoms with Gasteiger partial charge in [-0.25, -0.2) is 0 Å². The molecule has 1 amide bonds. The van der Waals surface area contributed by atoms with E-state index in [-0.39, 0.29) is 5.91 Å². The Morgan fingerprint density at radius 2 is 2.24 bits per heavy atom. The molecule has 2 aliphatic rings. The van der Waals surface area contributed by atoms with Crippen molar-refractivity contribution in [2.75, 3.05) is 13.1 Å². The molecule has 1 heterocycles. The Morgan fingerprint density at radius 1 is 1.41 bits per heavy atom.